The minimum absolute atomic E-state index is 0.0998. The van der Waals surface area contributed by atoms with Crippen LogP contribution in [0, 0.1) is 0 Å². The van der Waals surface area contributed by atoms with E-state index in [2.05, 4.69) is 4.99 Å². The molecule has 2 aromatic carbocycles. The van der Waals surface area contributed by atoms with Gasteiger partial charge in [-0.3, -0.25) is 4.99 Å². The normalized spacial score (nSPS) is 10.7. The second-order valence-corrected chi connectivity index (χ2v) is 4.69. The number of nitrogens with zero attached hydrogens (tertiary/aromatic N) is 1. The zero-order chi connectivity index (χ0) is 16.7. The molecule has 0 saturated heterocycles. The molecule has 120 valence electrons. The topological polar surface area (TPSA) is 68.1 Å². The summed E-state index contributed by atoms with van der Waals surface area (Å²) in [5.41, 5.74) is 2.01. The molecule has 0 aliphatic heterocycles. The number of hydrogen-bond acceptors (Lipinski definition) is 5. The largest absolute Gasteiger partial charge is 0.504 e. The summed E-state index contributed by atoms with van der Waals surface area (Å²) in [4.78, 5) is 15.9. The van der Waals surface area contributed by atoms with Crippen molar-refractivity contribution in [3.8, 4) is 11.5 Å². The van der Waals surface area contributed by atoms with Crippen molar-refractivity contribution in [3.63, 3.8) is 0 Å². The molecule has 0 heterocycles. The van der Waals surface area contributed by atoms with Gasteiger partial charge in [0.25, 0.3) is 0 Å². The molecule has 0 aromatic heterocycles. The summed E-state index contributed by atoms with van der Waals surface area (Å²) in [5, 5.41) is 9.66. The molecule has 0 fully saturated rings. The summed E-state index contributed by atoms with van der Waals surface area (Å²) >= 11 is 0. The zero-order valence-electron chi connectivity index (χ0n) is 13.2. The Morgan fingerprint density at radius 2 is 1.87 bits per heavy atom. The zero-order valence-corrected chi connectivity index (χ0v) is 13.2. The first-order valence-electron chi connectivity index (χ1n) is 7.41. The van der Waals surface area contributed by atoms with Crippen LogP contribution < -0.4 is 4.74 Å². The second kappa shape index (κ2) is 7.98. The predicted molar refractivity (Wildman–Crippen MR) is 88.9 cm³/mol. The molecular formula is C18H19NO4. The molecule has 0 saturated carbocycles. The molecule has 0 spiro atoms. The van der Waals surface area contributed by atoms with Gasteiger partial charge < -0.3 is 14.6 Å². The summed E-state index contributed by atoms with van der Waals surface area (Å²) in [5.74, 6) is 0.180. The number of rotatable bonds is 6. The third-order valence-corrected chi connectivity index (χ3v) is 3.02. The van der Waals surface area contributed by atoms with Gasteiger partial charge in [0, 0.05) is 6.21 Å². The van der Waals surface area contributed by atoms with Gasteiger partial charge in [-0.25, -0.2) is 4.79 Å². The van der Waals surface area contributed by atoms with Crippen LogP contribution in [-0.4, -0.2) is 30.5 Å². The fourth-order valence-corrected chi connectivity index (χ4v) is 1.93. The van der Waals surface area contributed by atoms with E-state index in [9.17, 15) is 9.90 Å². The summed E-state index contributed by atoms with van der Waals surface area (Å²) in [7, 11) is 0. The molecule has 2 aromatic rings. The number of aliphatic imine (C=N–C) groups is 1. The number of carbonyl (C=O) groups is 1. The summed E-state index contributed by atoms with van der Waals surface area (Å²) < 4.78 is 10.3. The second-order valence-electron chi connectivity index (χ2n) is 4.69. The molecule has 1 N–H and O–H groups in total. The van der Waals surface area contributed by atoms with Crippen molar-refractivity contribution >= 4 is 17.9 Å². The first kappa shape index (κ1) is 16.5. The van der Waals surface area contributed by atoms with Gasteiger partial charge in [-0.1, -0.05) is 0 Å². The molecule has 0 aliphatic rings. The maximum atomic E-state index is 11.6. The van der Waals surface area contributed by atoms with E-state index < -0.39 is 0 Å². The number of esters is 1. The van der Waals surface area contributed by atoms with Crippen molar-refractivity contribution < 1.29 is 19.4 Å². The number of benzene rings is 2. The molecule has 0 atom stereocenters. The Balaban J connectivity index is 2.11. The lowest BCUT2D eigenvalue weighted by Crippen LogP contribution is -2.03. The van der Waals surface area contributed by atoms with Crippen LogP contribution in [-0.2, 0) is 4.74 Å². The van der Waals surface area contributed by atoms with E-state index in [1.807, 2.05) is 6.92 Å². The first-order chi connectivity index (χ1) is 11.1. The Kier molecular flexibility index (Phi) is 5.74. The van der Waals surface area contributed by atoms with Crippen molar-refractivity contribution in [2.45, 2.75) is 13.8 Å². The van der Waals surface area contributed by atoms with Crippen LogP contribution in [0.3, 0.4) is 0 Å². The highest BCUT2D eigenvalue weighted by Crippen LogP contribution is 2.26. The van der Waals surface area contributed by atoms with Crippen LogP contribution in [0.5, 0.6) is 11.5 Å². The number of aromatic hydroxyl groups is 1. The molecule has 0 radical (unpaired) electrons. The van der Waals surface area contributed by atoms with Gasteiger partial charge in [0.05, 0.1) is 24.5 Å². The molecule has 5 heteroatoms. The summed E-state index contributed by atoms with van der Waals surface area (Å²) in [6.07, 6.45) is 1.67. The van der Waals surface area contributed by atoms with E-state index in [4.69, 9.17) is 9.47 Å². The Morgan fingerprint density at radius 1 is 1.13 bits per heavy atom. The van der Waals surface area contributed by atoms with Crippen LogP contribution >= 0.6 is 0 Å². The number of phenols is 1. The highest BCUT2D eigenvalue weighted by molar-refractivity contribution is 5.90. The van der Waals surface area contributed by atoms with Gasteiger partial charge >= 0.3 is 5.97 Å². The molecule has 0 amide bonds. The van der Waals surface area contributed by atoms with Gasteiger partial charge in [0.15, 0.2) is 11.5 Å². The van der Waals surface area contributed by atoms with Gasteiger partial charge in [-0.2, -0.15) is 0 Å². The van der Waals surface area contributed by atoms with E-state index in [1.165, 1.54) is 0 Å². The maximum absolute atomic E-state index is 11.6. The molecular weight excluding hydrogens is 294 g/mol. The lowest BCUT2D eigenvalue weighted by Gasteiger charge is -2.06. The fourth-order valence-electron chi connectivity index (χ4n) is 1.93. The fraction of sp³-hybridized carbons (Fsp3) is 0.222. The van der Waals surface area contributed by atoms with E-state index in [-0.39, 0.29) is 11.7 Å². The summed E-state index contributed by atoms with van der Waals surface area (Å²) in [6, 6.07) is 11.9. The van der Waals surface area contributed by atoms with E-state index >= 15 is 0 Å². The van der Waals surface area contributed by atoms with E-state index in [0.29, 0.717) is 30.2 Å². The molecule has 5 nitrogen and oxygen atoms in total. The minimum Gasteiger partial charge on any atom is -0.504 e. The molecule has 0 bridgehead atoms. The van der Waals surface area contributed by atoms with Crippen LogP contribution in [0.4, 0.5) is 5.69 Å². The van der Waals surface area contributed by atoms with E-state index in [1.54, 1.807) is 55.6 Å². The van der Waals surface area contributed by atoms with Crippen LogP contribution in [0.1, 0.15) is 29.8 Å². The quantitative estimate of drug-likeness (QED) is 0.652. The lowest BCUT2D eigenvalue weighted by atomic mass is 10.2. The highest BCUT2D eigenvalue weighted by atomic mass is 16.5. The minimum atomic E-state index is -0.345. The van der Waals surface area contributed by atoms with Crippen molar-refractivity contribution in [3.05, 3.63) is 53.6 Å². The monoisotopic (exact) mass is 313 g/mol. The van der Waals surface area contributed by atoms with Crippen molar-refractivity contribution in [2.24, 2.45) is 4.99 Å². The van der Waals surface area contributed by atoms with Crippen molar-refractivity contribution in [2.75, 3.05) is 13.2 Å². The van der Waals surface area contributed by atoms with Gasteiger partial charge in [-0.05, 0) is 61.9 Å². The Labute approximate surface area is 135 Å². The third kappa shape index (κ3) is 4.57. The van der Waals surface area contributed by atoms with Gasteiger partial charge in [-0.15, -0.1) is 0 Å². The Morgan fingerprint density at radius 3 is 2.52 bits per heavy atom. The SMILES string of the molecule is CCOC(=O)c1ccc(/N=C/c2ccc(O)c(OCC)c2)cc1. The standard InChI is InChI=1S/C18H19NO4/c1-3-22-17-11-13(5-10-16(17)20)12-19-15-8-6-14(7-9-15)18(21)23-4-2/h5-12,20H,3-4H2,1-2H3/b19-12+. The lowest BCUT2D eigenvalue weighted by molar-refractivity contribution is 0.0526. The van der Waals surface area contributed by atoms with Crippen molar-refractivity contribution in [1.29, 1.82) is 0 Å². The van der Waals surface area contributed by atoms with Gasteiger partial charge in [0.1, 0.15) is 0 Å². The Bertz CT molecular complexity index is 693. The molecule has 0 unspecified atom stereocenters. The molecule has 23 heavy (non-hydrogen) atoms. The number of ether oxygens (including phenoxy) is 2. The van der Waals surface area contributed by atoms with Gasteiger partial charge in [0.2, 0.25) is 0 Å². The Hall–Kier alpha value is -2.82. The van der Waals surface area contributed by atoms with Crippen LogP contribution in [0.25, 0.3) is 0 Å². The average molecular weight is 313 g/mol. The number of carbonyl (C=O) groups excluding carboxylic acids is 1. The number of phenolic OH excluding ortho intramolecular Hbond substituents is 1. The van der Waals surface area contributed by atoms with Crippen molar-refractivity contribution in [1.82, 2.24) is 0 Å². The first-order valence-corrected chi connectivity index (χ1v) is 7.41. The van der Waals surface area contributed by atoms with Crippen LogP contribution in [0.2, 0.25) is 0 Å². The molecule has 0 aliphatic carbocycles. The number of hydrogen-bond donors (Lipinski definition) is 1. The van der Waals surface area contributed by atoms with Crippen LogP contribution in [0.15, 0.2) is 47.5 Å². The van der Waals surface area contributed by atoms with E-state index in [0.717, 1.165) is 5.56 Å². The average Bonchev–Trinajstić information content (AvgIpc) is 2.56. The predicted octanol–water partition coefficient (Wildman–Crippen LogP) is 3.72. The highest BCUT2D eigenvalue weighted by Gasteiger charge is 2.05. The smallest absolute Gasteiger partial charge is 0.338 e. The summed E-state index contributed by atoms with van der Waals surface area (Å²) in [6.45, 7) is 4.45. The third-order valence-electron chi connectivity index (χ3n) is 3.02. The maximum Gasteiger partial charge on any atom is 0.338 e. The molecule has 2 rings (SSSR count).